The van der Waals surface area contributed by atoms with Crippen LogP contribution in [0.15, 0.2) is 61.0 Å². The first-order valence-corrected chi connectivity index (χ1v) is 12.8. The van der Waals surface area contributed by atoms with Crippen LogP contribution >= 0.6 is 0 Å². The molecule has 1 atom stereocenters. The highest BCUT2D eigenvalue weighted by Gasteiger charge is 2.38. The van der Waals surface area contributed by atoms with Crippen LogP contribution in [0.4, 0.5) is 0 Å². The summed E-state index contributed by atoms with van der Waals surface area (Å²) < 4.78 is 10.2. The number of hydrogen-bond donors (Lipinski definition) is 1. The van der Waals surface area contributed by atoms with Crippen molar-refractivity contribution in [2.45, 2.75) is 57.1 Å². The van der Waals surface area contributed by atoms with Crippen LogP contribution in [0, 0.1) is 5.92 Å². The molecule has 0 amide bonds. The van der Waals surface area contributed by atoms with E-state index in [1.165, 1.54) is 38.3 Å². The number of aryl methyl sites for hydroxylation is 2. The molecule has 8 nitrogen and oxygen atoms in total. The third-order valence-electron chi connectivity index (χ3n) is 7.26. The molecular formula is C28H33N5O3. The molecule has 1 saturated carbocycles. The highest BCUT2D eigenvalue weighted by atomic mass is 16.5. The van der Waals surface area contributed by atoms with Gasteiger partial charge in [0.25, 0.3) is 0 Å². The van der Waals surface area contributed by atoms with Gasteiger partial charge in [-0.15, -0.1) is 5.10 Å². The molecule has 5 rings (SSSR count). The average Bonchev–Trinajstić information content (AvgIpc) is 3.54. The second-order valence-electron chi connectivity index (χ2n) is 9.86. The maximum absolute atomic E-state index is 12.2. The van der Waals surface area contributed by atoms with Gasteiger partial charge in [0.1, 0.15) is 5.56 Å². The summed E-state index contributed by atoms with van der Waals surface area (Å²) in [5, 5.41) is 22.8. The lowest BCUT2D eigenvalue weighted by atomic mass is 9.89. The van der Waals surface area contributed by atoms with Crippen LogP contribution in [0.3, 0.4) is 0 Å². The zero-order valence-corrected chi connectivity index (χ0v) is 20.7. The predicted molar refractivity (Wildman–Crippen MR) is 136 cm³/mol. The molecule has 3 aromatic rings. The summed E-state index contributed by atoms with van der Waals surface area (Å²) >= 11 is 0. The van der Waals surface area contributed by atoms with E-state index in [1.54, 1.807) is 4.68 Å². The second-order valence-corrected chi connectivity index (χ2v) is 9.86. The number of carboxylic acid groups (broad SMARTS) is 1. The van der Waals surface area contributed by atoms with Crippen molar-refractivity contribution in [2.75, 3.05) is 6.61 Å². The highest BCUT2D eigenvalue weighted by molar-refractivity contribution is 5.88. The largest absolute Gasteiger partial charge is 0.478 e. The summed E-state index contributed by atoms with van der Waals surface area (Å²) in [4.78, 5) is 12.2. The minimum atomic E-state index is -0.989. The first-order valence-electron chi connectivity index (χ1n) is 12.8. The van der Waals surface area contributed by atoms with Gasteiger partial charge < -0.3 is 9.84 Å². The van der Waals surface area contributed by atoms with Gasteiger partial charge in [0.05, 0.1) is 24.2 Å². The third-order valence-corrected chi connectivity index (χ3v) is 7.26. The van der Waals surface area contributed by atoms with Crippen LogP contribution in [0.5, 0.6) is 0 Å². The van der Waals surface area contributed by atoms with E-state index in [9.17, 15) is 9.90 Å². The Morgan fingerprint density at radius 3 is 2.69 bits per heavy atom. The van der Waals surface area contributed by atoms with Crippen molar-refractivity contribution in [2.24, 2.45) is 13.0 Å². The van der Waals surface area contributed by atoms with E-state index in [4.69, 9.17) is 4.74 Å². The highest BCUT2D eigenvalue weighted by Crippen LogP contribution is 2.39. The Labute approximate surface area is 211 Å². The molecule has 0 spiro atoms. The molecule has 2 aromatic heterocycles. The van der Waals surface area contributed by atoms with Crippen molar-refractivity contribution in [1.29, 1.82) is 0 Å². The average molecular weight is 488 g/mol. The van der Waals surface area contributed by atoms with Gasteiger partial charge >= 0.3 is 5.97 Å². The number of allylic oxidation sites excluding steroid dienone is 2. The van der Waals surface area contributed by atoms with E-state index in [1.807, 2.05) is 48.3 Å². The second kappa shape index (κ2) is 10.6. The van der Waals surface area contributed by atoms with E-state index >= 15 is 0 Å². The molecule has 1 aromatic carbocycles. The van der Waals surface area contributed by atoms with Crippen molar-refractivity contribution in [3.8, 4) is 0 Å². The standard InChI is InChI=1S/C28H33N5O3/c1-32-19-24(30-31-32)14-15-26-25(27(34)35)18-29-33(26)28(36-20-21-9-4-2-5-10-21)16-8-13-23(17-28)22-11-6-3-7-12-22/h3,6-8,11-13,16,18-19,21H,2,4-5,9-10,14-15,17,20H2,1H3,(H,34,35). The Morgan fingerprint density at radius 2 is 1.97 bits per heavy atom. The maximum Gasteiger partial charge on any atom is 0.339 e. The molecule has 8 heteroatoms. The molecule has 0 aliphatic heterocycles. The minimum Gasteiger partial charge on any atom is -0.478 e. The normalized spacial score (nSPS) is 20.4. The van der Waals surface area contributed by atoms with Crippen LogP contribution in [-0.2, 0) is 30.4 Å². The van der Waals surface area contributed by atoms with Crippen molar-refractivity contribution in [3.63, 3.8) is 0 Å². The smallest absolute Gasteiger partial charge is 0.339 e. The van der Waals surface area contributed by atoms with Gasteiger partial charge in [-0.3, -0.25) is 4.68 Å². The Balaban J connectivity index is 1.50. The fraction of sp³-hybridized carbons (Fsp3) is 0.429. The van der Waals surface area contributed by atoms with Crippen LogP contribution in [0.2, 0.25) is 0 Å². The number of ether oxygens (including phenoxy) is 1. The number of aromatic nitrogens is 5. The van der Waals surface area contributed by atoms with E-state index in [0.717, 1.165) is 16.8 Å². The molecule has 188 valence electrons. The topological polar surface area (TPSA) is 95.1 Å². The molecule has 1 N–H and O–H groups in total. The van der Waals surface area contributed by atoms with Gasteiger partial charge in [0, 0.05) is 19.7 Å². The van der Waals surface area contributed by atoms with Crippen molar-refractivity contribution in [1.82, 2.24) is 24.8 Å². The van der Waals surface area contributed by atoms with E-state index in [2.05, 4.69) is 33.6 Å². The molecule has 1 unspecified atom stereocenters. The molecule has 1 fully saturated rings. The van der Waals surface area contributed by atoms with Gasteiger partial charge in [-0.1, -0.05) is 67.0 Å². The Morgan fingerprint density at radius 1 is 1.17 bits per heavy atom. The monoisotopic (exact) mass is 487 g/mol. The van der Waals surface area contributed by atoms with Gasteiger partial charge in [-0.25, -0.2) is 9.48 Å². The number of nitrogens with zero attached hydrogens (tertiary/aromatic N) is 5. The van der Waals surface area contributed by atoms with Crippen molar-refractivity contribution >= 4 is 11.5 Å². The van der Waals surface area contributed by atoms with Gasteiger partial charge in [0.2, 0.25) is 0 Å². The van der Waals surface area contributed by atoms with Gasteiger partial charge in [-0.2, -0.15) is 5.10 Å². The first-order chi connectivity index (χ1) is 17.5. The molecular weight excluding hydrogens is 454 g/mol. The van der Waals surface area contributed by atoms with Crippen LogP contribution in [-0.4, -0.2) is 42.5 Å². The van der Waals surface area contributed by atoms with Crippen LogP contribution in [0.25, 0.3) is 5.57 Å². The number of rotatable bonds is 9. The third kappa shape index (κ3) is 5.18. The lowest BCUT2D eigenvalue weighted by Gasteiger charge is -2.37. The van der Waals surface area contributed by atoms with Gasteiger partial charge in [-0.05, 0) is 48.8 Å². The SMILES string of the molecule is Cn1cc(CCc2c(C(=O)O)cnn2C2(OCC3CCCCC3)C=CC=C(c3ccccc3)C2)nn1. The van der Waals surface area contributed by atoms with E-state index in [0.29, 0.717) is 37.5 Å². The summed E-state index contributed by atoms with van der Waals surface area (Å²) in [5.41, 5.74) is 3.00. The summed E-state index contributed by atoms with van der Waals surface area (Å²) in [7, 11) is 1.82. The number of benzene rings is 1. The molecule has 0 radical (unpaired) electrons. The Kier molecular flexibility index (Phi) is 7.13. The Bertz CT molecular complexity index is 1250. The zero-order chi connectivity index (χ0) is 25.0. The molecule has 36 heavy (non-hydrogen) atoms. The van der Waals surface area contributed by atoms with E-state index in [-0.39, 0.29) is 5.56 Å². The molecule has 2 aliphatic carbocycles. The first kappa shape index (κ1) is 24.2. The maximum atomic E-state index is 12.2. The fourth-order valence-electron chi connectivity index (χ4n) is 5.35. The zero-order valence-electron chi connectivity index (χ0n) is 20.7. The number of carboxylic acids is 1. The van der Waals surface area contributed by atoms with Crippen molar-refractivity contribution < 1.29 is 14.6 Å². The summed E-state index contributed by atoms with van der Waals surface area (Å²) in [6.45, 7) is 0.623. The van der Waals surface area contributed by atoms with Crippen LogP contribution < -0.4 is 0 Å². The predicted octanol–water partition coefficient (Wildman–Crippen LogP) is 4.79. The fourth-order valence-corrected chi connectivity index (χ4v) is 5.35. The number of carbonyl (C=O) groups is 1. The van der Waals surface area contributed by atoms with Crippen molar-refractivity contribution in [3.05, 3.63) is 83.5 Å². The number of hydrogen-bond acceptors (Lipinski definition) is 5. The lowest BCUT2D eigenvalue weighted by molar-refractivity contribution is -0.0920. The quantitative estimate of drug-likeness (QED) is 0.466. The van der Waals surface area contributed by atoms with Gasteiger partial charge in [0.15, 0.2) is 5.72 Å². The van der Waals surface area contributed by atoms with Crippen LogP contribution in [0.1, 0.15) is 65.8 Å². The van der Waals surface area contributed by atoms with E-state index < -0.39 is 11.7 Å². The summed E-state index contributed by atoms with van der Waals surface area (Å²) in [5.74, 6) is -0.482. The molecule has 2 heterocycles. The Hall–Kier alpha value is -3.52. The number of aromatic carboxylic acids is 1. The molecule has 0 saturated heterocycles. The minimum absolute atomic E-state index is 0.198. The summed E-state index contributed by atoms with van der Waals surface area (Å²) in [6, 6.07) is 10.3. The summed E-state index contributed by atoms with van der Waals surface area (Å²) in [6.07, 6.45) is 17.2. The lowest BCUT2D eigenvalue weighted by Crippen LogP contribution is -2.40. The molecule has 2 aliphatic rings. The molecule has 0 bridgehead atoms.